The van der Waals surface area contributed by atoms with Gasteiger partial charge in [0, 0.05) is 68.3 Å². The van der Waals surface area contributed by atoms with E-state index in [1.807, 2.05) is 12.1 Å². The summed E-state index contributed by atoms with van der Waals surface area (Å²) in [5, 5.41) is 3.19. The van der Waals surface area contributed by atoms with Gasteiger partial charge in [0.25, 0.3) is 6.01 Å². The van der Waals surface area contributed by atoms with Crippen molar-refractivity contribution in [2.45, 2.75) is 6.54 Å². The average Bonchev–Trinajstić information content (AvgIpc) is 3.35. The smallest absolute Gasteiger partial charge is 0.300 e. The van der Waals surface area contributed by atoms with Gasteiger partial charge in [-0.05, 0) is 55.1 Å². The highest BCUT2D eigenvalue weighted by Gasteiger charge is 2.24. The maximum atomic E-state index is 15.1. The summed E-state index contributed by atoms with van der Waals surface area (Å²) in [6, 6.07) is 16.3. The van der Waals surface area contributed by atoms with Crippen LogP contribution in [0.1, 0.15) is 5.56 Å². The molecule has 0 amide bonds. The third-order valence-corrected chi connectivity index (χ3v) is 9.28. The molecule has 0 unspecified atom stereocenters. The van der Waals surface area contributed by atoms with Crippen LogP contribution in [0.25, 0.3) is 22.2 Å². The Morgan fingerprint density at radius 2 is 1.60 bits per heavy atom. The van der Waals surface area contributed by atoms with Crippen LogP contribution in [0.2, 0.25) is 0 Å². The number of hydrogen-bond acceptors (Lipinski definition) is 8. The minimum atomic E-state index is -3.07. The molecule has 2 saturated heterocycles. The zero-order valence-electron chi connectivity index (χ0n) is 22.2. The highest BCUT2D eigenvalue weighted by Crippen LogP contribution is 2.34. The molecule has 2 aliphatic rings. The molecule has 3 aromatic carbocycles. The number of sulfone groups is 1. The van der Waals surface area contributed by atoms with Gasteiger partial charge in [-0.1, -0.05) is 12.1 Å². The van der Waals surface area contributed by atoms with Crippen molar-refractivity contribution in [2.75, 3.05) is 68.0 Å². The predicted molar refractivity (Wildman–Crippen MR) is 153 cm³/mol. The molecule has 40 heavy (non-hydrogen) atoms. The number of benzene rings is 3. The van der Waals surface area contributed by atoms with Crippen LogP contribution in [0.3, 0.4) is 0 Å². The van der Waals surface area contributed by atoms with Gasteiger partial charge in [-0.25, -0.2) is 17.2 Å². The van der Waals surface area contributed by atoms with Crippen molar-refractivity contribution in [3.63, 3.8) is 0 Å². The Bertz CT molecular complexity index is 1600. The van der Waals surface area contributed by atoms with Crippen molar-refractivity contribution in [1.29, 1.82) is 0 Å². The minimum Gasteiger partial charge on any atom is -0.423 e. The van der Waals surface area contributed by atoms with Crippen LogP contribution in [0.15, 0.2) is 59.0 Å². The van der Waals surface area contributed by atoms with Crippen LogP contribution >= 0.6 is 0 Å². The van der Waals surface area contributed by atoms with E-state index in [4.69, 9.17) is 4.42 Å². The number of anilines is 3. The Labute approximate surface area is 232 Å². The van der Waals surface area contributed by atoms with E-state index in [1.54, 1.807) is 23.1 Å². The van der Waals surface area contributed by atoms with Gasteiger partial charge in [0.15, 0.2) is 15.4 Å². The Morgan fingerprint density at radius 3 is 2.27 bits per heavy atom. The SMILES string of the molecule is CN1CCN(c2ccc(Nc3nc4cccc(-c5cc(F)c(CN6CCS(=O)(=O)CC6)c(F)c5)c4o3)cc2)CC1. The summed E-state index contributed by atoms with van der Waals surface area (Å²) in [6.45, 7) is 4.58. The lowest BCUT2D eigenvalue weighted by molar-refractivity contribution is 0.278. The summed E-state index contributed by atoms with van der Waals surface area (Å²) in [5.74, 6) is -1.37. The molecule has 0 radical (unpaired) electrons. The van der Waals surface area contributed by atoms with Gasteiger partial charge in [0.05, 0.1) is 11.5 Å². The summed E-state index contributed by atoms with van der Waals surface area (Å²) in [4.78, 5) is 11.0. The molecule has 0 aliphatic carbocycles. The minimum absolute atomic E-state index is 0.00140. The highest BCUT2D eigenvalue weighted by atomic mass is 32.2. The first kappa shape index (κ1) is 26.7. The fraction of sp³-hybridized carbons (Fsp3) is 0.345. The summed E-state index contributed by atoms with van der Waals surface area (Å²) in [5.41, 5.74) is 3.76. The second-order valence-electron chi connectivity index (χ2n) is 10.5. The molecule has 1 N–H and O–H groups in total. The standard InChI is InChI=1S/C29H31F2N5O3S/c1-34-9-11-36(12-10-34)22-7-5-21(6-8-22)32-29-33-27-4-2-3-23(28(27)39-29)20-17-25(30)24(26(31)18-20)19-35-13-15-40(37,38)16-14-35/h2-8,17-18H,9-16,19H2,1H3,(H,32,33). The molecule has 3 heterocycles. The number of piperazine rings is 1. The number of nitrogens with one attached hydrogen (secondary N) is 1. The van der Waals surface area contributed by atoms with E-state index in [1.165, 1.54) is 12.1 Å². The molecule has 0 saturated carbocycles. The van der Waals surface area contributed by atoms with Crippen LogP contribution in [0.5, 0.6) is 0 Å². The maximum absolute atomic E-state index is 15.1. The Hall–Kier alpha value is -3.54. The van der Waals surface area contributed by atoms with Crippen LogP contribution in [0, 0.1) is 11.6 Å². The van der Waals surface area contributed by atoms with E-state index in [-0.39, 0.29) is 42.7 Å². The molecular weight excluding hydrogens is 536 g/mol. The van der Waals surface area contributed by atoms with E-state index >= 15 is 8.78 Å². The number of aromatic nitrogens is 1. The summed E-state index contributed by atoms with van der Waals surface area (Å²) in [6.07, 6.45) is 0. The molecule has 0 bridgehead atoms. The number of para-hydroxylation sites is 1. The predicted octanol–water partition coefficient (Wildman–Crippen LogP) is 4.50. The second kappa shape index (κ2) is 10.8. The van der Waals surface area contributed by atoms with Crippen LogP contribution in [0.4, 0.5) is 26.2 Å². The van der Waals surface area contributed by atoms with Gasteiger partial charge in [-0.2, -0.15) is 4.98 Å². The van der Waals surface area contributed by atoms with Crippen LogP contribution < -0.4 is 10.2 Å². The van der Waals surface area contributed by atoms with Gasteiger partial charge in [0.2, 0.25) is 0 Å². The van der Waals surface area contributed by atoms with Crippen molar-refractivity contribution < 1.29 is 21.6 Å². The Kier molecular flexibility index (Phi) is 7.20. The van der Waals surface area contributed by atoms with Gasteiger partial charge in [-0.3, -0.25) is 4.90 Å². The van der Waals surface area contributed by atoms with Crippen LogP contribution in [-0.2, 0) is 16.4 Å². The van der Waals surface area contributed by atoms with Crippen molar-refractivity contribution in [3.8, 4) is 11.1 Å². The number of halogens is 2. The topological polar surface area (TPSA) is 81.9 Å². The van der Waals surface area contributed by atoms with E-state index in [0.29, 0.717) is 22.2 Å². The summed E-state index contributed by atoms with van der Waals surface area (Å²) < 4.78 is 59.6. The fourth-order valence-electron chi connectivity index (χ4n) is 5.22. The highest BCUT2D eigenvalue weighted by molar-refractivity contribution is 7.91. The largest absolute Gasteiger partial charge is 0.423 e. The van der Waals surface area contributed by atoms with E-state index < -0.39 is 21.5 Å². The normalized spacial score (nSPS) is 18.3. The molecule has 1 aromatic heterocycles. The molecule has 210 valence electrons. The van der Waals surface area contributed by atoms with Crippen molar-refractivity contribution in [1.82, 2.24) is 14.8 Å². The average molecular weight is 568 g/mol. The molecule has 4 aromatic rings. The monoisotopic (exact) mass is 567 g/mol. The van der Waals surface area contributed by atoms with Gasteiger partial charge in [0.1, 0.15) is 17.2 Å². The Balaban J connectivity index is 1.20. The maximum Gasteiger partial charge on any atom is 0.300 e. The molecular formula is C29H31F2N5O3S. The summed E-state index contributed by atoms with van der Waals surface area (Å²) in [7, 11) is -0.941. The lowest BCUT2D eigenvalue weighted by Gasteiger charge is -2.34. The number of rotatable bonds is 6. The van der Waals surface area contributed by atoms with Gasteiger partial charge >= 0.3 is 0 Å². The van der Waals surface area contributed by atoms with Crippen molar-refractivity contribution in [2.24, 2.45) is 0 Å². The van der Waals surface area contributed by atoms with E-state index in [9.17, 15) is 8.42 Å². The third-order valence-electron chi connectivity index (χ3n) is 7.67. The molecule has 2 fully saturated rings. The molecule has 0 atom stereocenters. The van der Waals surface area contributed by atoms with Crippen LogP contribution in [-0.4, -0.2) is 81.0 Å². The van der Waals surface area contributed by atoms with E-state index in [0.717, 1.165) is 37.6 Å². The number of oxazole rings is 1. The van der Waals surface area contributed by atoms with Crippen molar-refractivity contribution >= 4 is 38.3 Å². The number of likely N-dealkylation sites (N-methyl/N-ethyl adjacent to an activating group) is 1. The zero-order chi connectivity index (χ0) is 27.9. The third kappa shape index (κ3) is 5.67. The molecule has 0 spiro atoms. The lowest BCUT2D eigenvalue weighted by atomic mass is 10.0. The Morgan fingerprint density at radius 1 is 0.925 bits per heavy atom. The second-order valence-corrected chi connectivity index (χ2v) is 12.8. The van der Waals surface area contributed by atoms with E-state index in [2.05, 4.69) is 39.3 Å². The molecule has 8 nitrogen and oxygen atoms in total. The molecule has 6 rings (SSSR count). The first-order chi connectivity index (χ1) is 19.2. The van der Waals surface area contributed by atoms with Gasteiger partial charge in [-0.15, -0.1) is 0 Å². The van der Waals surface area contributed by atoms with Gasteiger partial charge < -0.3 is 19.5 Å². The zero-order valence-corrected chi connectivity index (χ0v) is 23.1. The first-order valence-electron chi connectivity index (χ1n) is 13.4. The molecule has 11 heteroatoms. The lowest BCUT2D eigenvalue weighted by Crippen LogP contribution is -2.44. The fourth-order valence-corrected chi connectivity index (χ4v) is 6.49. The quantitative estimate of drug-likeness (QED) is 0.365. The summed E-state index contributed by atoms with van der Waals surface area (Å²) >= 11 is 0. The molecule has 2 aliphatic heterocycles. The number of nitrogens with zero attached hydrogens (tertiary/aromatic N) is 4. The number of fused-ring (bicyclic) bond motifs is 1. The first-order valence-corrected chi connectivity index (χ1v) is 15.2. The van der Waals surface area contributed by atoms with Crippen molar-refractivity contribution in [3.05, 3.63) is 71.8 Å². The number of hydrogen-bond donors (Lipinski definition) is 1.